The molecule has 27 heavy (non-hydrogen) atoms. The molecule has 1 saturated heterocycles. The van der Waals surface area contributed by atoms with Crippen molar-refractivity contribution in [3.8, 4) is 0 Å². The van der Waals surface area contributed by atoms with E-state index in [2.05, 4.69) is 14.3 Å². The van der Waals surface area contributed by atoms with Gasteiger partial charge in [-0.3, -0.25) is 4.79 Å². The molecular formula is C15H20ClF3N4O3S. The first-order valence-corrected chi connectivity index (χ1v) is 10.3. The fraction of sp³-hybridized carbons (Fsp3) is 0.667. The molecule has 1 unspecified atom stereocenters. The third kappa shape index (κ3) is 4.69. The molecule has 1 aromatic heterocycles. The van der Waals surface area contributed by atoms with Crippen LogP contribution in [0.5, 0.6) is 0 Å². The zero-order valence-electron chi connectivity index (χ0n) is 15.2. The van der Waals surface area contributed by atoms with Crippen molar-refractivity contribution in [1.29, 1.82) is 0 Å². The molecule has 152 valence electrons. The summed E-state index contributed by atoms with van der Waals surface area (Å²) in [7, 11) is -3.66. The number of carbonyl (C=O) groups excluding carboxylic acids is 1. The first-order valence-electron chi connectivity index (χ1n) is 7.98. The summed E-state index contributed by atoms with van der Waals surface area (Å²) in [6.07, 6.45) is -4.21. The lowest BCUT2D eigenvalue weighted by Gasteiger charge is -2.35. The van der Waals surface area contributed by atoms with Crippen LogP contribution in [0.1, 0.15) is 26.5 Å². The topological polar surface area (TPSA) is 84.8 Å². The average Bonchev–Trinajstić information content (AvgIpc) is 2.53. The summed E-state index contributed by atoms with van der Waals surface area (Å²) in [5, 5.41) is -0.147. The number of amides is 1. The molecule has 0 N–H and O–H groups in total. The van der Waals surface area contributed by atoms with Gasteiger partial charge in [-0.05, 0) is 32.4 Å². The highest BCUT2D eigenvalue weighted by Gasteiger charge is 2.42. The van der Waals surface area contributed by atoms with Gasteiger partial charge in [0.2, 0.25) is 5.28 Å². The van der Waals surface area contributed by atoms with Crippen molar-refractivity contribution >= 4 is 33.1 Å². The summed E-state index contributed by atoms with van der Waals surface area (Å²) in [5.74, 6) is -1.96. The van der Waals surface area contributed by atoms with Crippen LogP contribution in [0, 0.1) is 0 Å². The SMILES string of the molecule is C[C@@H]1COCCN1c1cc(C(C)(C)S(C)(=O)=NC(=O)C(F)(F)F)nc(Cl)n1. The zero-order chi connectivity index (χ0) is 20.6. The van der Waals surface area contributed by atoms with E-state index in [0.717, 1.165) is 6.26 Å². The van der Waals surface area contributed by atoms with Crippen LogP contribution in [-0.2, 0) is 24.0 Å². The summed E-state index contributed by atoms with van der Waals surface area (Å²) in [5.41, 5.74) is 0.127. The number of hydrogen-bond donors (Lipinski definition) is 0. The van der Waals surface area contributed by atoms with Gasteiger partial charge >= 0.3 is 12.1 Å². The lowest BCUT2D eigenvalue weighted by Crippen LogP contribution is -2.44. The fourth-order valence-electron chi connectivity index (χ4n) is 2.45. The second-order valence-electron chi connectivity index (χ2n) is 6.70. The van der Waals surface area contributed by atoms with Crippen LogP contribution in [-0.4, -0.2) is 58.3 Å². The van der Waals surface area contributed by atoms with Gasteiger partial charge in [0.1, 0.15) is 5.82 Å². The first-order chi connectivity index (χ1) is 12.3. The molecule has 0 radical (unpaired) electrons. The molecular weight excluding hydrogens is 409 g/mol. The van der Waals surface area contributed by atoms with Crippen LogP contribution in [0.15, 0.2) is 10.4 Å². The highest BCUT2D eigenvalue weighted by molar-refractivity contribution is 7.94. The van der Waals surface area contributed by atoms with Gasteiger partial charge < -0.3 is 9.64 Å². The Morgan fingerprint density at radius 1 is 1.41 bits per heavy atom. The van der Waals surface area contributed by atoms with Crippen molar-refractivity contribution in [3.05, 3.63) is 17.0 Å². The normalized spacial score (nSPS) is 20.9. The van der Waals surface area contributed by atoms with Crippen molar-refractivity contribution in [1.82, 2.24) is 9.97 Å². The van der Waals surface area contributed by atoms with E-state index in [1.807, 2.05) is 11.8 Å². The Labute approximate surface area is 160 Å². The second kappa shape index (κ2) is 7.51. The van der Waals surface area contributed by atoms with E-state index in [1.165, 1.54) is 19.9 Å². The highest BCUT2D eigenvalue weighted by Crippen LogP contribution is 2.33. The van der Waals surface area contributed by atoms with Crippen LogP contribution in [0.3, 0.4) is 0 Å². The van der Waals surface area contributed by atoms with E-state index in [1.54, 1.807) is 0 Å². The predicted octanol–water partition coefficient (Wildman–Crippen LogP) is 2.78. The lowest BCUT2D eigenvalue weighted by atomic mass is 10.1. The number of halogens is 4. The second-order valence-corrected chi connectivity index (χ2v) is 9.85. The number of hydrogen-bond acceptors (Lipinski definition) is 6. The Morgan fingerprint density at radius 2 is 2.04 bits per heavy atom. The largest absolute Gasteiger partial charge is 0.474 e. The number of nitrogens with zero attached hydrogens (tertiary/aromatic N) is 4. The minimum Gasteiger partial charge on any atom is -0.377 e. The van der Waals surface area contributed by atoms with Gasteiger partial charge in [0, 0.05) is 18.9 Å². The molecule has 2 atom stereocenters. The van der Waals surface area contributed by atoms with Crippen molar-refractivity contribution in [3.63, 3.8) is 0 Å². The number of carbonyl (C=O) groups is 1. The van der Waals surface area contributed by atoms with E-state index >= 15 is 0 Å². The molecule has 0 saturated carbocycles. The molecule has 0 aliphatic carbocycles. The highest BCUT2D eigenvalue weighted by atomic mass is 35.5. The zero-order valence-corrected chi connectivity index (χ0v) is 16.8. The summed E-state index contributed by atoms with van der Waals surface area (Å²) in [6, 6.07) is 1.49. The monoisotopic (exact) mass is 428 g/mol. The first kappa shape index (κ1) is 21.8. The third-order valence-electron chi connectivity index (χ3n) is 4.41. The summed E-state index contributed by atoms with van der Waals surface area (Å²) in [4.78, 5) is 21.3. The maximum atomic E-state index is 12.9. The van der Waals surface area contributed by atoms with E-state index < -0.39 is 26.6 Å². The molecule has 2 rings (SSSR count). The maximum Gasteiger partial charge on any atom is 0.474 e. The van der Waals surface area contributed by atoms with Crippen molar-refractivity contribution in [2.45, 2.75) is 37.7 Å². The lowest BCUT2D eigenvalue weighted by molar-refractivity contribution is -0.169. The summed E-state index contributed by atoms with van der Waals surface area (Å²) >= 11 is 6.00. The molecule has 1 fully saturated rings. The van der Waals surface area contributed by atoms with Gasteiger partial charge in [0.25, 0.3) is 0 Å². The minimum atomic E-state index is -5.20. The Bertz CT molecular complexity index is 853. The third-order valence-corrected chi connectivity index (χ3v) is 7.20. The average molecular weight is 429 g/mol. The van der Waals surface area contributed by atoms with E-state index in [9.17, 15) is 22.2 Å². The van der Waals surface area contributed by atoms with Crippen LogP contribution >= 0.6 is 11.6 Å². The van der Waals surface area contributed by atoms with Crippen LogP contribution in [0.4, 0.5) is 19.0 Å². The standard InChI is InChI=1S/C15H20ClF3N4O3S/c1-9-8-26-6-5-23(9)11-7-10(20-13(16)21-11)14(2,3)27(4,25)22-12(24)15(17,18)19/h7,9H,5-6,8H2,1-4H3/t9-,27?/m1/s1. The summed E-state index contributed by atoms with van der Waals surface area (Å²) in [6.45, 7) is 6.19. The Kier molecular flexibility index (Phi) is 6.08. The fourth-order valence-corrected chi connectivity index (χ4v) is 3.77. The minimum absolute atomic E-state index is 0.0110. The molecule has 0 spiro atoms. The van der Waals surface area contributed by atoms with Crippen LogP contribution in [0.2, 0.25) is 5.28 Å². The van der Waals surface area contributed by atoms with Crippen molar-refractivity contribution < 1.29 is 26.9 Å². The van der Waals surface area contributed by atoms with Gasteiger partial charge in [-0.2, -0.15) is 17.5 Å². The molecule has 1 amide bonds. The number of rotatable bonds is 3. The van der Waals surface area contributed by atoms with Crippen molar-refractivity contribution in [2.24, 2.45) is 4.36 Å². The quantitative estimate of drug-likeness (QED) is 0.688. The van der Waals surface area contributed by atoms with E-state index in [0.29, 0.717) is 25.6 Å². The Morgan fingerprint density at radius 3 is 2.59 bits per heavy atom. The van der Waals surface area contributed by atoms with Crippen LogP contribution in [0.25, 0.3) is 0 Å². The smallest absolute Gasteiger partial charge is 0.377 e. The molecule has 0 aromatic carbocycles. The number of anilines is 1. The van der Waals surface area contributed by atoms with E-state index in [4.69, 9.17) is 16.3 Å². The van der Waals surface area contributed by atoms with Gasteiger partial charge in [-0.25, -0.2) is 14.2 Å². The Balaban J connectivity index is 2.51. The molecule has 0 bridgehead atoms. The molecule has 2 heterocycles. The number of morpholine rings is 1. The predicted molar refractivity (Wildman–Crippen MR) is 95.3 cm³/mol. The number of ether oxygens (including phenoxy) is 1. The van der Waals surface area contributed by atoms with E-state index in [-0.39, 0.29) is 17.0 Å². The maximum absolute atomic E-state index is 12.9. The van der Waals surface area contributed by atoms with Gasteiger partial charge in [0.15, 0.2) is 0 Å². The molecule has 1 aliphatic rings. The molecule has 12 heteroatoms. The van der Waals surface area contributed by atoms with Crippen LogP contribution < -0.4 is 4.90 Å². The van der Waals surface area contributed by atoms with Gasteiger partial charge in [-0.1, -0.05) is 0 Å². The molecule has 7 nitrogen and oxygen atoms in total. The van der Waals surface area contributed by atoms with Crippen molar-refractivity contribution in [2.75, 3.05) is 30.9 Å². The number of alkyl halides is 3. The summed E-state index contributed by atoms with van der Waals surface area (Å²) < 4.78 is 57.4. The Hall–Kier alpha value is -1.46. The molecule has 1 aliphatic heterocycles. The van der Waals surface area contributed by atoms with Gasteiger partial charge in [0.05, 0.1) is 39.4 Å². The number of aromatic nitrogens is 2. The molecule has 1 aromatic rings. The van der Waals surface area contributed by atoms with Gasteiger partial charge in [-0.15, -0.1) is 0 Å².